The van der Waals surface area contributed by atoms with E-state index in [0.717, 1.165) is 5.56 Å². The summed E-state index contributed by atoms with van der Waals surface area (Å²) >= 11 is 0. The van der Waals surface area contributed by atoms with Crippen LogP contribution in [-0.4, -0.2) is 36.5 Å². The van der Waals surface area contributed by atoms with Crippen LogP contribution < -0.4 is 4.74 Å². The van der Waals surface area contributed by atoms with Gasteiger partial charge in [-0.15, -0.1) is 6.58 Å². The van der Waals surface area contributed by atoms with Crippen LogP contribution in [0.1, 0.15) is 5.89 Å². The molecule has 3 rings (SSSR count). The molecule has 0 aliphatic heterocycles. The van der Waals surface area contributed by atoms with Crippen LogP contribution in [0.15, 0.2) is 76.7 Å². The van der Waals surface area contributed by atoms with Crippen molar-refractivity contribution in [3.8, 4) is 17.1 Å². The molecule has 0 amide bonds. The summed E-state index contributed by atoms with van der Waals surface area (Å²) in [6.07, 6.45) is 1.51. The first-order chi connectivity index (χ1) is 13.0. The molecule has 0 fully saturated rings. The fraction of sp³-hybridized carbons (Fsp3) is 0.158. The Hall–Kier alpha value is -2.97. The van der Waals surface area contributed by atoms with E-state index in [4.69, 9.17) is 9.26 Å². The first kappa shape index (κ1) is 18.8. The summed E-state index contributed by atoms with van der Waals surface area (Å²) in [6, 6.07) is 15.5. The predicted molar refractivity (Wildman–Crippen MR) is 101 cm³/mol. The van der Waals surface area contributed by atoms with Crippen molar-refractivity contribution in [3.05, 3.63) is 73.1 Å². The molecule has 0 N–H and O–H groups in total. The van der Waals surface area contributed by atoms with Crippen LogP contribution >= 0.6 is 0 Å². The molecule has 0 aliphatic rings. The van der Waals surface area contributed by atoms with Crippen molar-refractivity contribution in [2.24, 2.45) is 0 Å². The molecule has 3 aromatic rings. The number of ether oxygens (including phenoxy) is 1. The van der Waals surface area contributed by atoms with Crippen molar-refractivity contribution in [1.29, 1.82) is 0 Å². The molecule has 27 heavy (non-hydrogen) atoms. The summed E-state index contributed by atoms with van der Waals surface area (Å²) in [5.74, 6) is 1.19. The van der Waals surface area contributed by atoms with Crippen molar-refractivity contribution in [1.82, 2.24) is 14.4 Å². The third-order valence-electron chi connectivity index (χ3n) is 3.84. The highest BCUT2D eigenvalue weighted by molar-refractivity contribution is 7.89. The van der Waals surface area contributed by atoms with Crippen molar-refractivity contribution in [3.63, 3.8) is 0 Å². The summed E-state index contributed by atoms with van der Waals surface area (Å²) in [7, 11) is -2.24. The Kier molecular flexibility index (Phi) is 5.68. The lowest BCUT2D eigenvalue weighted by molar-refractivity contribution is 0.327. The van der Waals surface area contributed by atoms with Crippen molar-refractivity contribution >= 4 is 10.0 Å². The predicted octanol–water partition coefficient (Wildman–Crippen LogP) is 3.12. The van der Waals surface area contributed by atoms with Gasteiger partial charge in [0.1, 0.15) is 5.75 Å². The van der Waals surface area contributed by atoms with E-state index >= 15 is 0 Å². The monoisotopic (exact) mass is 385 g/mol. The molecule has 7 nitrogen and oxygen atoms in total. The van der Waals surface area contributed by atoms with Gasteiger partial charge in [-0.1, -0.05) is 41.6 Å². The maximum Gasteiger partial charge on any atom is 0.243 e. The summed E-state index contributed by atoms with van der Waals surface area (Å²) in [5, 5.41) is 3.93. The van der Waals surface area contributed by atoms with Gasteiger partial charge in [0.15, 0.2) is 0 Å². The van der Waals surface area contributed by atoms with Crippen LogP contribution in [0.2, 0.25) is 0 Å². The zero-order valence-electron chi connectivity index (χ0n) is 14.8. The third kappa shape index (κ3) is 4.24. The highest BCUT2D eigenvalue weighted by Crippen LogP contribution is 2.22. The van der Waals surface area contributed by atoms with Gasteiger partial charge < -0.3 is 9.26 Å². The average molecular weight is 385 g/mol. The van der Waals surface area contributed by atoms with Gasteiger partial charge in [-0.25, -0.2) is 8.42 Å². The molecular formula is C19H19N3O4S. The number of benzene rings is 2. The van der Waals surface area contributed by atoms with Crippen LogP contribution in [0.25, 0.3) is 11.4 Å². The fourth-order valence-electron chi connectivity index (χ4n) is 2.46. The van der Waals surface area contributed by atoms with Gasteiger partial charge in [0.05, 0.1) is 18.6 Å². The van der Waals surface area contributed by atoms with Crippen LogP contribution in [0, 0.1) is 0 Å². The average Bonchev–Trinajstić information content (AvgIpc) is 3.17. The topological polar surface area (TPSA) is 85.5 Å². The Morgan fingerprint density at radius 3 is 2.48 bits per heavy atom. The molecule has 0 spiro atoms. The van der Waals surface area contributed by atoms with Crippen molar-refractivity contribution in [2.75, 3.05) is 13.7 Å². The van der Waals surface area contributed by atoms with E-state index < -0.39 is 10.0 Å². The Labute approximate surface area is 157 Å². The number of hydrogen-bond donors (Lipinski definition) is 0. The van der Waals surface area contributed by atoms with E-state index in [1.54, 1.807) is 12.1 Å². The Morgan fingerprint density at radius 2 is 1.85 bits per heavy atom. The number of rotatable bonds is 8. The molecule has 0 aliphatic carbocycles. The third-order valence-corrected chi connectivity index (χ3v) is 5.67. The Morgan fingerprint density at radius 1 is 1.15 bits per heavy atom. The minimum Gasteiger partial charge on any atom is -0.497 e. The first-order valence-electron chi connectivity index (χ1n) is 8.17. The molecule has 1 heterocycles. The number of sulfonamides is 1. The lowest BCUT2D eigenvalue weighted by Gasteiger charge is -2.19. The fourth-order valence-corrected chi connectivity index (χ4v) is 3.82. The van der Waals surface area contributed by atoms with Crippen LogP contribution in [-0.2, 0) is 16.6 Å². The summed E-state index contributed by atoms with van der Waals surface area (Å²) in [4.78, 5) is 4.45. The van der Waals surface area contributed by atoms with Gasteiger partial charge in [0, 0.05) is 12.1 Å². The second-order valence-corrected chi connectivity index (χ2v) is 7.58. The number of methoxy groups -OCH3 is 1. The molecule has 0 bridgehead atoms. The molecular weight excluding hydrogens is 366 g/mol. The quantitative estimate of drug-likeness (QED) is 0.554. The maximum atomic E-state index is 13.0. The molecule has 8 heteroatoms. The lowest BCUT2D eigenvalue weighted by Crippen LogP contribution is -2.31. The van der Waals surface area contributed by atoms with Gasteiger partial charge in [-0.3, -0.25) is 0 Å². The highest BCUT2D eigenvalue weighted by Gasteiger charge is 2.26. The zero-order chi connectivity index (χ0) is 19.3. The molecule has 0 unspecified atom stereocenters. The molecule has 140 valence electrons. The van der Waals surface area contributed by atoms with Crippen LogP contribution in [0.4, 0.5) is 0 Å². The second-order valence-electron chi connectivity index (χ2n) is 5.64. The highest BCUT2D eigenvalue weighted by atomic mass is 32.2. The van der Waals surface area contributed by atoms with Gasteiger partial charge in [-0.05, 0) is 24.3 Å². The summed E-state index contributed by atoms with van der Waals surface area (Å²) in [6.45, 7) is 3.69. The van der Waals surface area contributed by atoms with Gasteiger partial charge in [0.25, 0.3) is 0 Å². The van der Waals surface area contributed by atoms with Crippen LogP contribution in [0.5, 0.6) is 5.75 Å². The standard InChI is InChI=1S/C19H19N3O4S/c1-3-13-22(27(23,24)17-11-9-16(25-2)10-12-17)14-18-20-19(21-26-18)15-7-5-4-6-8-15/h3-12H,1,13-14H2,2H3. The van der Waals surface area contributed by atoms with Gasteiger partial charge in [0.2, 0.25) is 21.7 Å². The van der Waals surface area contributed by atoms with E-state index in [1.165, 1.54) is 29.6 Å². The molecule has 0 saturated heterocycles. The van der Waals surface area contributed by atoms with E-state index in [9.17, 15) is 8.42 Å². The number of nitrogens with zero attached hydrogens (tertiary/aromatic N) is 3. The van der Waals surface area contributed by atoms with Gasteiger partial charge >= 0.3 is 0 Å². The molecule has 1 aromatic heterocycles. The smallest absolute Gasteiger partial charge is 0.243 e. The molecule has 0 radical (unpaired) electrons. The molecule has 2 aromatic carbocycles. The number of hydrogen-bond acceptors (Lipinski definition) is 6. The van der Waals surface area contributed by atoms with Gasteiger partial charge in [-0.2, -0.15) is 9.29 Å². The van der Waals surface area contributed by atoms with Crippen molar-refractivity contribution in [2.45, 2.75) is 11.4 Å². The van der Waals surface area contributed by atoms with E-state index in [2.05, 4.69) is 16.7 Å². The Balaban J connectivity index is 1.85. The maximum absolute atomic E-state index is 13.0. The SMILES string of the molecule is C=CCN(Cc1nc(-c2ccccc2)no1)S(=O)(=O)c1ccc(OC)cc1. The lowest BCUT2D eigenvalue weighted by atomic mass is 10.2. The summed E-state index contributed by atoms with van der Waals surface area (Å²) in [5.41, 5.74) is 0.792. The minimum absolute atomic E-state index is 0.0553. The Bertz CT molecular complexity index is 999. The molecule has 0 atom stereocenters. The van der Waals surface area contributed by atoms with Crippen LogP contribution in [0.3, 0.4) is 0 Å². The van der Waals surface area contributed by atoms with E-state index in [-0.39, 0.29) is 23.9 Å². The van der Waals surface area contributed by atoms with E-state index in [0.29, 0.717) is 11.6 Å². The second kappa shape index (κ2) is 8.15. The minimum atomic E-state index is -3.76. The first-order valence-corrected chi connectivity index (χ1v) is 9.61. The summed E-state index contributed by atoms with van der Waals surface area (Å²) < 4.78 is 37.4. The normalized spacial score (nSPS) is 11.5. The zero-order valence-corrected chi connectivity index (χ0v) is 15.6. The number of aromatic nitrogens is 2. The van der Waals surface area contributed by atoms with E-state index in [1.807, 2.05) is 30.3 Å². The largest absolute Gasteiger partial charge is 0.497 e. The van der Waals surface area contributed by atoms with Crippen molar-refractivity contribution < 1.29 is 17.7 Å². The molecule has 0 saturated carbocycles.